The molecule has 0 amide bonds. The molecule has 0 unspecified atom stereocenters. The fourth-order valence-electron chi connectivity index (χ4n) is 0.461. The zero-order chi connectivity index (χ0) is 6.85. The predicted octanol–water partition coefficient (Wildman–Crippen LogP) is 1.39. The first kappa shape index (κ1) is 5.99. The highest BCUT2D eigenvalue weighted by Crippen LogP contribution is 2.20. The van der Waals surface area contributed by atoms with Crippen LogP contribution in [0.25, 0.3) is 0 Å². The van der Waals surface area contributed by atoms with Gasteiger partial charge >= 0.3 is 0 Å². The number of rotatable bonds is 0. The third-order valence-electron chi connectivity index (χ3n) is 0.851. The first-order valence-electron chi connectivity index (χ1n) is 2.19. The van der Waals surface area contributed by atoms with Crippen LogP contribution in [0, 0.1) is 11.3 Å². The molecule has 9 heavy (non-hydrogen) atoms. The summed E-state index contributed by atoms with van der Waals surface area (Å²) in [4.78, 5) is 0. The smallest absolute Gasteiger partial charge is 0.210 e. The van der Waals surface area contributed by atoms with Crippen LogP contribution in [0.15, 0.2) is 10.5 Å². The minimum absolute atomic E-state index is 0.0718. The van der Waals surface area contributed by atoms with E-state index < -0.39 is 0 Å². The summed E-state index contributed by atoms with van der Waals surface area (Å²) in [6.07, 6.45) is 0. The van der Waals surface area contributed by atoms with Gasteiger partial charge in [-0.15, -0.1) is 0 Å². The Labute approximate surface area is 56.6 Å². The Morgan fingerprint density at radius 3 is 2.67 bits per heavy atom. The van der Waals surface area contributed by atoms with Crippen LogP contribution in [0.2, 0.25) is 5.22 Å². The molecule has 2 N–H and O–H groups in total. The van der Waals surface area contributed by atoms with Crippen molar-refractivity contribution in [1.29, 1.82) is 5.26 Å². The first-order chi connectivity index (χ1) is 4.24. The minimum atomic E-state index is 0.0718. The Morgan fingerprint density at radius 2 is 2.44 bits per heavy atom. The molecule has 3 nitrogen and oxygen atoms in total. The maximum absolute atomic E-state index is 8.28. The van der Waals surface area contributed by atoms with Crippen LogP contribution in [0.4, 0.5) is 5.88 Å². The Hall–Kier alpha value is -1.14. The van der Waals surface area contributed by atoms with Gasteiger partial charge in [0, 0.05) is 6.07 Å². The molecule has 0 spiro atoms. The molecule has 0 radical (unpaired) electrons. The normalized spacial score (nSPS) is 8.89. The monoisotopic (exact) mass is 142 g/mol. The molecule has 1 aromatic heterocycles. The third kappa shape index (κ3) is 0.980. The fraction of sp³-hybridized carbons (Fsp3) is 0. The Kier molecular flexibility index (Phi) is 1.33. The lowest BCUT2D eigenvalue weighted by molar-refractivity contribution is 0.589. The third-order valence-corrected chi connectivity index (χ3v) is 1.04. The highest BCUT2D eigenvalue weighted by atomic mass is 35.5. The van der Waals surface area contributed by atoms with Gasteiger partial charge in [0.2, 0.25) is 5.88 Å². The van der Waals surface area contributed by atoms with Crippen LogP contribution in [-0.4, -0.2) is 0 Å². The molecular weight excluding hydrogens is 140 g/mol. The SMILES string of the molecule is N#Cc1cc(Cl)oc1N. The van der Waals surface area contributed by atoms with Crippen LogP contribution in [-0.2, 0) is 0 Å². The second-order valence-electron chi connectivity index (χ2n) is 1.44. The number of nitrogens with zero attached hydrogens (tertiary/aromatic N) is 1. The molecule has 1 heterocycles. The van der Waals surface area contributed by atoms with E-state index >= 15 is 0 Å². The number of nitrogen functional groups attached to an aromatic ring is 1. The largest absolute Gasteiger partial charge is 0.428 e. The van der Waals surface area contributed by atoms with Crippen LogP contribution in [0.5, 0.6) is 0 Å². The standard InChI is InChI=1S/C5H3ClN2O/c6-4-1-3(2-7)5(8)9-4/h1H,8H2. The predicted molar refractivity (Wildman–Crippen MR) is 32.8 cm³/mol. The van der Waals surface area contributed by atoms with E-state index in [0.29, 0.717) is 0 Å². The molecule has 0 fully saturated rings. The molecule has 0 aliphatic carbocycles. The van der Waals surface area contributed by atoms with Crippen molar-refractivity contribution in [2.75, 3.05) is 5.73 Å². The molecule has 0 saturated carbocycles. The number of hydrogen-bond acceptors (Lipinski definition) is 3. The van der Waals surface area contributed by atoms with Crippen molar-refractivity contribution in [3.63, 3.8) is 0 Å². The summed E-state index contributed by atoms with van der Waals surface area (Å²) >= 11 is 5.35. The van der Waals surface area contributed by atoms with Gasteiger partial charge in [0.1, 0.15) is 11.6 Å². The number of halogens is 1. The van der Waals surface area contributed by atoms with E-state index in [2.05, 4.69) is 4.42 Å². The average molecular weight is 143 g/mol. The van der Waals surface area contributed by atoms with Crippen LogP contribution in [0.3, 0.4) is 0 Å². The Balaban J connectivity index is 3.20. The van der Waals surface area contributed by atoms with Crippen LogP contribution < -0.4 is 5.73 Å². The lowest BCUT2D eigenvalue weighted by Gasteiger charge is -1.78. The summed E-state index contributed by atoms with van der Waals surface area (Å²) < 4.78 is 4.63. The second kappa shape index (κ2) is 2.00. The minimum Gasteiger partial charge on any atom is -0.428 e. The number of furan rings is 1. The van der Waals surface area contributed by atoms with E-state index in [0.717, 1.165) is 0 Å². The van der Waals surface area contributed by atoms with Crippen LogP contribution >= 0.6 is 11.6 Å². The van der Waals surface area contributed by atoms with E-state index in [4.69, 9.17) is 22.6 Å². The summed E-state index contributed by atoms with van der Waals surface area (Å²) in [6, 6.07) is 3.18. The van der Waals surface area contributed by atoms with Crippen molar-refractivity contribution >= 4 is 17.5 Å². The molecular formula is C5H3ClN2O. The highest BCUT2D eigenvalue weighted by molar-refractivity contribution is 6.29. The maximum Gasteiger partial charge on any atom is 0.210 e. The van der Waals surface area contributed by atoms with Crippen molar-refractivity contribution in [3.8, 4) is 6.07 Å². The number of nitriles is 1. The van der Waals surface area contributed by atoms with Gasteiger partial charge in [-0.25, -0.2) is 0 Å². The zero-order valence-electron chi connectivity index (χ0n) is 4.39. The summed E-state index contributed by atoms with van der Waals surface area (Å²) in [6.45, 7) is 0. The molecule has 0 aliphatic rings. The van der Waals surface area contributed by atoms with Gasteiger partial charge in [0.05, 0.1) is 0 Å². The van der Waals surface area contributed by atoms with Gasteiger partial charge < -0.3 is 10.2 Å². The van der Waals surface area contributed by atoms with Gasteiger partial charge in [0.25, 0.3) is 0 Å². The molecule has 4 heteroatoms. The Bertz CT molecular complexity index is 260. The van der Waals surface area contributed by atoms with E-state index in [1.54, 1.807) is 0 Å². The molecule has 0 atom stereocenters. The Morgan fingerprint density at radius 1 is 1.78 bits per heavy atom. The van der Waals surface area contributed by atoms with E-state index in [1.165, 1.54) is 6.07 Å². The van der Waals surface area contributed by atoms with Gasteiger partial charge in [0.15, 0.2) is 5.22 Å². The van der Waals surface area contributed by atoms with E-state index in [9.17, 15) is 0 Å². The zero-order valence-corrected chi connectivity index (χ0v) is 5.14. The summed E-state index contributed by atoms with van der Waals surface area (Å²) in [5, 5.41) is 8.43. The van der Waals surface area contributed by atoms with Gasteiger partial charge in [-0.2, -0.15) is 5.26 Å². The molecule has 0 bridgehead atoms. The molecule has 0 aliphatic heterocycles. The second-order valence-corrected chi connectivity index (χ2v) is 1.81. The number of anilines is 1. The van der Waals surface area contributed by atoms with Crippen molar-refractivity contribution < 1.29 is 4.42 Å². The van der Waals surface area contributed by atoms with Crippen molar-refractivity contribution in [1.82, 2.24) is 0 Å². The van der Waals surface area contributed by atoms with E-state index in [1.807, 2.05) is 6.07 Å². The first-order valence-corrected chi connectivity index (χ1v) is 2.56. The lowest BCUT2D eigenvalue weighted by atomic mass is 10.4. The summed E-state index contributed by atoms with van der Waals surface area (Å²) in [5.74, 6) is 0.0718. The summed E-state index contributed by atoms with van der Waals surface area (Å²) in [5.41, 5.74) is 5.46. The quantitative estimate of drug-likeness (QED) is 0.595. The average Bonchev–Trinajstić information content (AvgIpc) is 2.10. The molecule has 1 aromatic rings. The van der Waals surface area contributed by atoms with Crippen molar-refractivity contribution in [2.24, 2.45) is 0 Å². The molecule has 0 aromatic carbocycles. The fourth-order valence-corrected chi connectivity index (χ4v) is 0.654. The molecule has 0 saturated heterocycles. The summed E-state index contributed by atoms with van der Waals surface area (Å²) in [7, 11) is 0. The van der Waals surface area contributed by atoms with Gasteiger partial charge in [-0.1, -0.05) is 0 Å². The number of hydrogen-bond donors (Lipinski definition) is 1. The topological polar surface area (TPSA) is 63.0 Å². The van der Waals surface area contributed by atoms with Crippen LogP contribution in [0.1, 0.15) is 5.56 Å². The van der Waals surface area contributed by atoms with Gasteiger partial charge in [-0.3, -0.25) is 0 Å². The highest BCUT2D eigenvalue weighted by Gasteiger charge is 2.03. The molecule has 46 valence electrons. The van der Waals surface area contributed by atoms with Crippen molar-refractivity contribution in [2.45, 2.75) is 0 Å². The van der Waals surface area contributed by atoms with E-state index in [-0.39, 0.29) is 16.7 Å². The number of nitrogens with two attached hydrogens (primary N) is 1. The lowest BCUT2D eigenvalue weighted by Crippen LogP contribution is -1.81. The molecule has 1 rings (SSSR count). The van der Waals surface area contributed by atoms with Crippen molar-refractivity contribution in [3.05, 3.63) is 16.8 Å². The van der Waals surface area contributed by atoms with Gasteiger partial charge in [-0.05, 0) is 11.6 Å². The maximum atomic E-state index is 8.28.